The summed E-state index contributed by atoms with van der Waals surface area (Å²) in [7, 11) is 0. The zero-order valence-electron chi connectivity index (χ0n) is 9.64. The van der Waals surface area contributed by atoms with Crippen molar-refractivity contribution in [3.63, 3.8) is 0 Å². The van der Waals surface area contributed by atoms with Gasteiger partial charge in [-0.3, -0.25) is 4.79 Å². The van der Waals surface area contributed by atoms with Crippen LogP contribution in [0.1, 0.15) is 47.0 Å². The molecule has 2 nitrogen and oxygen atoms in total. The maximum absolute atomic E-state index is 11.6. The molecule has 84 valence electrons. The quantitative estimate of drug-likeness (QED) is 0.734. The van der Waals surface area contributed by atoms with Crippen LogP contribution in [0.4, 0.5) is 0 Å². The van der Waals surface area contributed by atoms with E-state index in [1.807, 2.05) is 13.8 Å². The van der Waals surface area contributed by atoms with E-state index in [-0.39, 0.29) is 17.9 Å². The fraction of sp³-hybridized carbons (Fsp3) is 0.909. The van der Waals surface area contributed by atoms with Crippen LogP contribution < -0.4 is 5.32 Å². The van der Waals surface area contributed by atoms with E-state index in [1.54, 1.807) is 0 Å². The van der Waals surface area contributed by atoms with Crippen molar-refractivity contribution in [2.45, 2.75) is 57.8 Å². The summed E-state index contributed by atoms with van der Waals surface area (Å²) < 4.78 is 0. The minimum atomic E-state index is 0.146. The molecule has 0 aromatic heterocycles. The molecule has 0 spiro atoms. The van der Waals surface area contributed by atoms with Crippen molar-refractivity contribution in [2.24, 2.45) is 5.92 Å². The lowest BCUT2D eigenvalue weighted by Gasteiger charge is -2.18. The molecule has 0 aliphatic rings. The van der Waals surface area contributed by atoms with Crippen LogP contribution in [0.25, 0.3) is 0 Å². The van der Waals surface area contributed by atoms with Crippen molar-refractivity contribution in [3.05, 3.63) is 0 Å². The first-order chi connectivity index (χ1) is 6.47. The van der Waals surface area contributed by atoms with Crippen LogP contribution in [0.15, 0.2) is 0 Å². The Balaban J connectivity index is 3.80. The summed E-state index contributed by atoms with van der Waals surface area (Å²) in [5, 5.41) is 3.03. The maximum atomic E-state index is 11.6. The van der Waals surface area contributed by atoms with Crippen molar-refractivity contribution in [3.8, 4) is 0 Å². The zero-order chi connectivity index (χ0) is 11.1. The third-order valence-corrected chi connectivity index (χ3v) is 2.61. The normalized spacial score (nSPS) is 17.2. The van der Waals surface area contributed by atoms with Crippen LogP contribution in [0.2, 0.25) is 0 Å². The second kappa shape index (κ2) is 7.27. The molecular formula is C11H22BrNO. The summed E-state index contributed by atoms with van der Waals surface area (Å²) in [5.74, 6) is 0.334. The van der Waals surface area contributed by atoms with E-state index in [9.17, 15) is 4.79 Å². The first kappa shape index (κ1) is 13.9. The minimum Gasteiger partial charge on any atom is -0.353 e. The molecule has 3 atom stereocenters. The number of rotatable bonds is 6. The Morgan fingerprint density at radius 1 is 1.36 bits per heavy atom. The number of carbonyl (C=O) groups excluding carboxylic acids is 1. The third-order valence-electron chi connectivity index (χ3n) is 2.24. The van der Waals surface area contributed by atoms with E-state index in [1.165, 1.54) is 0 Å². The fourth-order valence-electron chi connectivity index (χ4n) is 1.50. The number of nitrogens with one attached hydrogen (secondary N) is 1. The van der Waals surface area contributed by atoms with Gasteiger partial charge in [0.15, 0.2) is 0 Å². The van der Waals surface area contributed by atoms with Crippen molar-refractivity contribution < 1.29 is 4.79 Å². The number of carbonyl (C=O) groups is 1. The Morgan fingerprint density at radius 2 is 1.93 bits per heavy atom. The summed E-state index contributed by atoms with van der Waals surface area (Å²) in [6, 6.07) is 0.260. The SMILES string of the molecule is CCCC(C)C(=O)NC(C)CC(C)Br. The number of amides is 1. The van der Waals surface area contributed by atoms with Crippen LogP contribution in [-0.4, -0.2) is 16.8 Å². The third kappa shape index (κ3) is 6.41. The first-order valence-electron chi connectivity index (χ1n) is 5.41. The number of alkyl halides is 1. The van der Waals surface area contributed by atoms with E-state index in [0.29, 0.717) is 4.83 Å². The van der Waals surface area contributed by atoms with Gasteiger partial charge in [-0.15, -0.1) is 0 Å². The molecule has 0 aromatic carbocycles. The molecule has 0 bridgehead atoms. The van der Waals surface area contributed by atoms with Crippen molar-refractivity contribution in [1.82, 2.24) is 5.32 Å². The van der Waals surface area contributed by atoms with Gasteiger partial charge >= 0.3 is 0 Å². The second-order valence-corrected chi connectivity index (χ2v) is 5.68. The molecule has 0 saturated heterocycles. The predicted molar refractivity (Wildman–Crippen MR) is 64.7 cm³/mol. The van der Waals surface area contributed by atoms with E-state index >= 15 is 0 Å². The Labute approximate surface area is 96.0 Å². The van der Waals surface area contributed by atoms with E-state index in [2.05, 4.69) is 35.1 Å². The topological polar surface area (TPSA) is 29.1 Å². The highest BCUT2D eigenvalue weighted by atomic mass is 79.9. The van der Waals surface area contributed by atoms with Crippen molar-refractivity contribution in [2.75, 3.05) is 0 Å². The molecule has 14 heavy (non-hydrogen) atoms. The molecule has 0 aliphatic carbocycles. The molecule has 0 saturated carbocycles. The molecule has 1 amide bonds. The van der Waals surface area contributed by atoms with Crippen LogP contribution in [0, 0.1) is 5.92 Å². The van der Waals surface area contributed by atoms with Gasteiger partial charge in [0.25, 0.3) is 0 Å². The molecule has 3 heteroatoms. The van der Waals surface area contributed by atoms with Gasteiger partial charge in [0.05, 0.1) is 0 Å². The molecular weight excluding hydrogens is 242 g/mol. The Bertz CT molecular complexity index is 171. The Hall–Kier alpha value is -0.0500. The molecule has 0 fully saturated rings. The summed E-state index contributed by atoms with van der Waals surface area (Å²) >= 11 is 3.48. The molecule has 0 radical (unpaired) electrons. The van der Waals surface area contributed by atoms with Crippen LogP contribution in [0.3, 0.4) is 0 Å². The molecule has 0 heterocycles. The van der Waals surface area contributed by atoms with Crippen molar-refractivity contribution in [1.29, 1.82) is 0 Å². The monoisotopic (exact) mass is 263 g/mol. The predicted octanol–water partition coefficient (Wildman–Crippen LogP) is 3.10. The second-order valence-electron chi connectivity index (χ2n) is 4.12. The number of halogens is 1. The van der Waals surface area contributed by atoms with Gasteiger partial charge in [-0.2, -0.15) is 0 Å². The molecule has 3 unspecified atom stereocenters. The first-order valence-corrected chi connectivity index (χ1v) is 6.33. The van der Waals surface area contributed by atoms with Gasteiger partial charge in [-0.25, -0.2) is 0 Å². The lowest BCUT2D eigenvalue weighted by atomic mass is 10.0. The van der Waals surface area contributed by atoms with Gasteiger partial charge in [0.2, 0.25) is 5.91 Å². The fourth-order valence-corrected chi connectivity index (χ4v) is 2.06. The summed E-state index contributed by atoms with van der Waals surface area (Å²) in [5.41, 5.74) is 0. The number of hydrogen-bond donors (Lipinski definition) is 1. The van der Waals surface area contributed by atoms with Crippen LogP contribution in [-0.2, 0) is 4.79 Å². The largest absolute Gasteiger partial charge is 0.353 e. The highest BCUT2D eigenvalue weighted by Gasteiger charge is 2.14. The Kier molecular flexibility index (Phi) is 7.24. The van der Waals surface area contributed by atoms with E-state index < -0.39 is 0 Å². The summed E-state index contributed by atoms with van der Waals surface area (Å²) in [6.45, 7) is 8.24. The standard InChI is InChI=1S/C11H22BrNO/c1-5-6-8(2)11(14)13-10(4)7-9(3)12/h8-10H,5-7H2,1-4H3,(H,13,14). The highest BCUT2D eigenvalue weighted by Crippen LogP contribution is 2.09. The summed E-state index contributed by atoms with van der Waals surface area (Å²) in [4.78, 5) is 12.1. The van der Waals surface area contributed by atoms with Gasteiger partial charge < -0.3 is 5.32 Å². The minimum absolute atomic E-state index is 0.146. The van der Waals surface area contributed by atoms with Gasteiger partial charge in [0.1, 0.15) is 0 Å². The average Bonchev–Trinajstić information content (AvgIpc) is 2.02. The lowest BCUT2D eigenvalue weighted by molar-refractivity contribution is -0.125. The van der Waals surface area contributed by atoms with Crippen LogP contribution in [0.5, 0.6) is 0 Å². The molecule has 1 N–H and O–H groups in total. The number of hydrogen-bond acceptors (Lipinski definition) is 1. The van der Waals surface area contributed by atoms with E-state index in [0.717, 1.165) is 19.3 Å². The summed E-state index contributed by atoms with van der Waals surface area (Å²) in [6.07, 6.45) is 3.02. The van der Waals surface area contributed by atoms with Gasteiger partial charge in [-0.1, -0.05) is 43.1 Å². The average molecular weight is 264 g/mol. The zero-order valence-corrected chi connectivity index (χ0v) is 11.2. The van der Waals surface area contributed by atoms with Gasteiger partial charge in [0, 0.05) is 16.8 Å². The molecule has 0 aromatic rings. The Morgan fingerprint density at radius 3 is 2.36 bits per heavy atom. The highest BCUT2D eigenvalue weighted by molar-refractivity contribution is 9.09. The molecule has 0 rings (SSSR count). The maximum Gasteiger partial charge on any atom is 0.223 e. The van der Waals surface area contributed by atoms with Crippen molar-refractivity contribution >= 4 is 21.8 Å². The van der Waals surface area contributed by atoms with E-state index in [4.69, 9.17) is 0 Å². The van der Waals surface area contributed by atoms with Crippen LogP contribution >= 0.6 is 15.9 Å². The smallest absolute Gasteiger partial charge is 0.223 e. The van der Waals surface area contributed by atoms with Gasteiger partial charge in [-0.05, 0) is 19.8 Å². The lowest BCUT2D eigenvalue weighted by Crippen LogP contribution is -2.37. The molecule has 0 aliphatic heterocycles.